The summed E-state index contributed by atoms with van der Waals surface area (Å²) in [5.74, 6) is -0.954. The van der Waals surface area contributed by atoms with Gasteiger partial charge in [-0.25, -0.2) is 9.59 Å². The normalized spacial score (nSPS) is 9.72. The third kappa shape index (κ3) is 3.22. The molecule has 18 heavy (non-hydrogen) atoms. The maximum absolute atomic E-state index is 11.7. The van der Waals surface area contributed by atoms with Gasteiger partial charge in [0.1, 0.15) is 11.3 Å². The summed E-state index contributed by atoms with van der Waals surface area (Å²) in [7, 11) is 2.49. The van der Waals surface area contributed by atoms with E-state index in [-0.39, 0.29) is 11.1 Å². The lowest BCUT2D eigenvalue weighted by molar-refractivity contribution is 0.0551. The minimum Gasteiger partial charge on any atom is -0.492 e. The number of hydrogen-bond donors (Lipinski definition) is 0. The van der Waals surface area contributed by atoms with Crippen molar-refractivity contribution in [3.63, 3.8) is 0 Å². The van der Waals surface area contributed by atoms with E-state index in [1.165, 1.54) is 20.3 Å². The fraction of sp³-hybridized carbons (Fsp3) is 0.333. The van der Waals surface area contributed by atoms with Crippen LogP contribution in [0.15, 0.2) is 18.2 Å². The standard InChI is InChI=1S/C12H13BrO5/c1-16-11(14)8-4-3-5-9(18-7-6-13)10(8)12(15)17-2/h3-5H,6-7H2,1-2H3. The van der Waals surface area contributed by atoms with Gasteiger partial charge < -0.3 is 14.2 Å². The first-order valence-electron chi connectivity index (χ1n) is 5.14. The van der Waals surface area contributed by atoms with Crippen LogP contribution in [-0.2, 0) is 9.47 Å². The highest BCUT2D eigenvalue weighted by Crippen LogP contribution is 2.24. The molecule has 0 amide bonds. The molecule has 0 saturated carbocycles. The molecule has 0 saturated heterocycles. The number of halogens is 1. The molecule has 0 aliphatic carbocycles. The molecule has 0 atom stereocenters. The Balaban J connectivity index is 3.25. The Labute approximate surface area is 113 Å². The minimum absolute atomic E-state index is 0.0767. The van der Waals surface area contributed by atoms with Crippen LogP contribution in [0.2, 0.25) is 0 Å². The van der Waals surface area contributed by atoms with Crippen molar-refractivity contribution in [3.8, 4) is 5.75 Å². The van der Waals surface area contributed by atoms with E-state index in [0.29, 0.717) is 17.7 Å². The van der Waals surface area contributed by atoms with Crippen LogP contribution in [0.25, 0.3) is 0 Å². The number of carbonyl (C=O) groups excluding carboxylic acids is 2. The summed E-state index contributed by atoms with van der Waals surface area (Å²) in [6.45, 7) is 0.370. The quantitative estimate of drug-likeness (QED) is 0.614. The van der Waals surface area contributed by atoms with E-state index in [0.717, 1.165) is 0 Å². The molecule has 5 nitrogen and oxygen atoms in total. The van der Waals surface area contributed by atoms with E-state index in [1.807, 2.05) is 0 Å². The number of methoxy groups -OCH3 is 2. The molecule has 0 aromatic heterocycles. The average molecular weight is 317 g/mol. The summed E-state index contributed by atoms with van der Waals surface area (Å²) >= 11 is 3.21. The average Bonchev–Trinajstić information content (AvgIpc) is 2.42. The largest absolute Gasteiger partial charge is 0.492 e. The Morgan fingerprint density at radius 3 is 2.39 bits per heavy atom. The van der Waals surface area contributed by atoms with Crippen molar-refractivity contribution in [2.24, 2.45) is 0 Å². The molecule has 1 aromatic rings. The van der Waals surface area contributed by atoms with Crippen LogP contribution in [0.1, 0.15) is 20.7 Å². The van der Waals surface area contributed by atoms with E-state index in [4.69, 9.17) is 4.74 Å². The Kier molecular flexibility index (Phi) is 5.64. The van der Waals surface area contributed by atoms with Gasteiger partial charge in [-0.1, -0.05) is 22.0 Å². The lowest BCUT2D eigenvalue weighted by Gasteiger charge is -2.12. The third-order valence-electron chi connectivity index (χ3n) is 2.16. The molecule has 1 rings (SSSR count). The Morgan fingerprint density at radius 2 is 1.83 bits per heavy atom. The highest BCUT2D eigenvalue weighted by Gasteiger charge is 2.23. The number of carbonyl (C=O) groups is 2. The predicted molar refractivity (Wildman–Crippen MR) is 68.4 cm³/mol. The van der Waals surface area contributed by atoms with Crippen LogP contribution in [-0.4, -0.2) is 38.1 Å². The molecule has 0 N–H and O–H groups in total. The fourth-order valence-corrected chi connectivity index (χ4v) is 1.55. The predicted octanol–water partition coefficient (Wildman–Crippen LogP) is 2.03. The van der Waals surface area contributed by atoms with Crippen LogP contribution in [0.3, 0.4) is 0 Å². The molecular weight excluding hydrogens is 304 g/mol. The maximum atomic E-state index is 11.7. The van der Waals surface area contributed by atoms with Gasteiger partial charge in [0.05, 0.1) is 26.4 Å². The summed E-state index contributed by atoms with van der Waals surface area (Å²) < 4.78 is 14.7. The number of rotatable bonds is 5. The monoisotopic (exact) mass is 316 g/mol. The number of alkyl halides is 1. The smallest absolute Gasteiger partial charge is 0.342 e. The second-order valence-electron chi connectivity index (χ2n) is 3.20. The molecule has 0 heterocycles. The van der Waals surface area contributed by atoms with Crippen molar-refractivity contribution in [3.05, 3.63) is 29.3 Å². The van der Waals surface area contributed by atoms with Crippen molar-refractivity contribution in [2.75, 3.05) is 26.2 Å². The topological polar surface area (TPSA) is 61.8 Å². The summed E-state index contributed by atoms with van der Waals surface area (Å²) in [6, 6.07) is 4.70. The minimum atomic E-state index is -0.638. The van der Waals surface area contributed by atoms with Crippen molar-refractivity contribution >= 4 is 27.9 Å². The Hall–Kier alpha value is -1.56. The first kappa shape index (κ1) is 14.5. The Bertz CT molecular complexity index is 444. The van der Waals surface area contributed by atoms with Gasteiger partial charge in [-0.15, -0.1) is 0 Å². The molecule has 0 radical (unpaired) electrons. The summed E-state index contributed by atoms with van der Waals surface area (Å²) in [5, 5.41) is 0.607. The van der Waals surface area contributed by atoms with Crippen molar-refractivity contribution in [1.82, 2.24) is 0 Å². The summed E-state index contributed by atoms with van der Waals surface area (Å²) in [5.41, 5.74) is 0.198. The number of hydrogen-bond acceptors (Lipinski definition) is 5. The van der Waals surface area contributed by atoms with Gasteiger partial charge in [0.25, 0.3) is 0 Å². The van der Waals surface area contributed by atoms with Crippen LogP contribution in [0, 0.1) is 0 Å². The van der Waals surface area contributed by atoms with E-state index in [1.54, 1.807) is 12.1 Å². The Morgan fingerprint density at radius 1 is 1.17 bits per heavy atom. The SMILES string of the molecule is COC(=O)c1cccc(OCCBr)c1C(=O)OC. The van der Waals surface area contributed by atoms with Gasteiger partial charge in [0, 0.05) is 5.33 Å². The zero-order valence-electron chi connectivity index (χ0n) is 10.1. The van der Waals surface area contributed by atoms with Crippen molar-refractivity contribution in [1.29, 1.82) is 0 Å². The second kappa shape index (κ2) is 7.00. The maximum Gasteiger partial charge on any atom is 0.342 e. The van der Waals surface area contributed by atoms with Crippen molar-refractivity contribution < 1.29 is 23.8 Å². The van der Waals surface area contributed by atoms with Gasteiger partial charge in [0.15, 0.2) is 0 Å². The highest BCUT2D eigenvalue weighted by atomic mass is 79.9. The second-order valence-corrected chi connectivity index (χ2v) is 3.99. The summed E-state index contributed by atoms with van der Waals surface area (Å²) in [4.78, 5) is 23.3. The van der Waals surface area contributed by atoms with E-state index < -0.39 is 11.9 Å². The molecule has 0 aliphatic heterocycles. The lowest BCUT2D eigenvalue weighted by atomic mass is 10.1. The molecule has 6 heteroatoms. The van der Waals surface area contributed by atoms with Gasteiger partial charge in [-0.2, -0.15) is 0 Å². The van der Waals surface area contributed by atoms with Gasteiger partial charge in [-0.3, -0.25) is 0 Å². The number of ether oxygens (including phenoxy) is 3. The van der Waals surface area contributed by atoms with Crippen LogP contribution in [0.4, 0.5) is 0 Å². The zero-order chi connectivity index (χ0) is 13.5. The van der Waals surface area contributed by atoms with E-state index in [9.17, 15) is 9.59 Å². The molecule has 0 spiro atoms. The zero-order valence-corrected chi connectivity index (χ0v) is 11.7. The lowest BCUT2D eigenvalue weighted by Crippen LogP contribution is -2.14. The number of benzene rings is 1. The molecule has 0 bridgehead atoms. The first-order valence-corrected chi connectivity index (χ1v) is 6.26. The van der Waals surface area contributed by atoms with E-state index in [2.05, 4.69) is 25.4 Å². The molecule has 0 fully saturated rings. The van der Waals surface area contributed by atoms with Crippen molar-refractivity contribution in [2.45, 2.75) is 0 Å². The van der Waals surface area contributed by atoms with Crippen LogP contribution < -0.4 is 4.74 Å². The van der Waals surface area contributed by atoms with Gasteiger partial charge in [0.2, 0.25) is 0 Å². The van der Waals surface area contributed by atoms with E-state index >= 15 is 0 Å². The van der Waals surface area contributed by atoms with Gasteiger partial charge >= 0.3 is 11.9 Å². The highest BCUT2D eigenvalue weighted by molar-refractivity contribution is 9.09. The fourth-order valence-electron chi connectivity index (χ4n) is 1.39. The molecule has 98 valence electrons. The molecule has 0 unspecified atom stereocenters. The van der Waals surface area contributed by atoms with Crippen LogP contribution >= 0.6 is 15.9 Å². The number of esters is 2. The summed E-state index contributed by atoms with van der Waals surface area (Å²) in [6.07, 6.45) is 0. The third-order valence-corrected chi connectivity index (χ3v) is 2.48. The van der Waals surface area contributed by atoms with Crippen LogP contribution in [0.5, 0.6) is 5.75 Å². The molecule has 0 aliphatic rings. The molecular formula is C12H13BrO5. The molecule has 1 aromatic carbocycles. The first-order chi connectivity index (χ1) is 8.65. The van der Waals surface area contributed by atoms with Gasteiger partial charge in [-0.05, 0) is 12.1 Å².